The molecule has 96 valence electrons. The Morgan fingerprint density at radius 1 is 1.35 bits per heavy atom. The summed E-state index contributed by atoms with van der Waals surface area (Å²) in [5.74, 6) is 0. The third kappa shape index (κ3) is 3.29. The summed E-state index contributed by atoms with van der Waals surface area (Å²) in [6, 6.07) is -0.0302. The largest absolute Gasteiger partial charge is 0.284 e. The molecule has 7 heteroatoms. The van der Waals surface area contributed by atoms with E-state index in [0.29, 0.717) is 0 Å². The second-order valence-corrected chi connectivity index (χ2v) is 7.21. The van der Waals surface area contributed by atoms with Crippen molar-refractivity contribution in [3.63, 3.8) is 0 Å². The predicted molar refractivity (Wildman–Crippen MR) is 68.5 cm³/mol. The average molecular weight is 322 g/mol. The van der Waals surface area contributed by atoms with Gasteiger partial charge in [-0.1, -0.05) is 35.2 Å². The Balaban J connectivity index is 2.09. The van der Waals surface area contributed by atoms with Gasteiger partial charge < -0.3 is 0 Å². The molecule has 1 aromatic rings. The molecule has 2 atom stereocenters. The SMILES string of the molecule is O=S(=O)(NC1CCCCCC1Br)c1cn[nH]c1. The molecule has 2 rings (SSSR count). The number of aromatic amines is 1. The lowest BCUT2D eigenvalue weighted by Gasteiger charge is -2.20. The van der Waals surface area contributed by atoms with Gasteiger partial charge in [-0.25, -0.2) is 13.1 Å². The molecule has 0 spiro atoms. The van der Waals surface area contributed by atoms with Crippen molar-refractivity contribution in [2.24, 2.45) is 0 Å². The molecule has 0 saturated heterocycles. The fraction of sp³-hybridized carbons (Fsp3) is 0.700. The summed E-state index contributed by atoms with van der Waals surface area (Å²) < 4.78 is 26.8. The number of sulfonamides is 1. The fourth-order valence-corrected chi connectivity index (χ4v) is 4.16. The third-order valence-electron chi connectivity index (χ3n) is 3.02. The normalized spacial score (nSPS) is 26.6. The van der Waals surface area contributed by atoms with Crippen molar-refractivity contribution in [3.8, 4) is 0 Å². The summed E-state index contributed by atoms with van der Waals surface area (Å²) in [5.41, 5.74) is 0. The molecule has 0 aliphatic heterocycles. The predicted octanol–water partition coefficient (Wildman–Crippen LogP) is 1.78. The van der Waals surface area contributed by atoms with E-state index >= 15 is 0 Å². The first-order valence-electron chi connectivity index (χ1n) is 5.75. The summed E-state index contributed by atoms with van der Waals surface area (Å²) in [6.45, 7) is 0. The smallest absolute Gasteiger partial charge is 0.243 e. The minimum Gasteiger partial charge on any atom is -0.284 e. The first-order chi connectivity index (χ1) is 8.09. The maximum atomic E-state index is 12.0. The number of halogens is 1. The molecule has 1 aromatic heterocycles. The summed E-state index contributed by atoms with van der Waals surface area (Å²) in [4.78, 5) is 0.410. The van der Waals surface area contributed by atoms with E-state index in [0.717, 1.165) is 25.7 Å². The van der Waals surface area contributed by atoms with Crippen molar-refractivity contribution in [2.75, 3.05) is 0 Å². The number of nitrogens with one attached hydrogen (secondary N) is 2. The lowest BCUT2D eigenvalue weighted by Crippen LogP contribution is -2.40. The zero-order valence-electron chi connectivity index (χ0n) is 9.39. The number of H-pyrrole nitrogens is 1. The minimum atomic E-state index is -3.44. The van der Waals surface area contributed by atoms with Crippen LogP contribution in [-0.4, -0.2) is 29.5 Å². The van der Waals surface area contributed by atoms with Crippen LogP contribution in [0.2, 0.25) is 0 Å². The Hall–Kier alpha value is -0.400. The van der Waals surface area contributed by atoms with E-state index in [1.807, 2.05) is 0 Å². The molecule has 2 N–H and O–H groups in total. The van der Waals surface area contributed by atoms with E-state index in [4.69, 9.17) is 0 Å². The van der Waals surface area contributed by atoms with Crippen LogP contribution in [0.1, 0.15) is 32.1 Å². The first kappa shape index (κ1) is 13.0. The summed E-state index contributed by atoms with van der Waals surface area (Å²) in [6.07, 6.45) is 8.00. The highest BCUT2D eigenvalue weighted by Crippen LogP contribution is 2.24. The molecule has 1 heterocycles. The van der Waals surface area contributed by atoms with Gasteiger partial charge in [0, 0.05) is 17.1 Å². The van der Waals surface area contributed by atoms with E-state index in [2.05, 4.69) is 30.8 Å². The van der Waals surface area contributed by atoms with Gasteiger partial charge in [0.15, 0.2) is 0 Å². The van der Waals surface area contributed by atoms with E-state index in [-0.39, 0.29) is 15.8 Å². The monoisotopic (exact) mass is 321 g/mol. The number of alkyl halides is 1. The number of rotatable bonds is 3. The van der Waals surface area contributed by atoms with E-state index in [9.17, 15) is 8.42 Å². The highest BCUT2D eigenvalue weighted by molar-refractivity contribution is 9.09. The average Bonchev–Trinajstić information content (AvgIpc) is 2.74. The molecule has 2 unspecified atom stereocenters. The molecule has 5 nitrogen and oxygen atoms in total. The van der Waals surface area contributed by atoms with Crippen LogP contribution >= 0.6 is 15.9 Å². The molecular formula is C10H16BrN3O2S. The summed E-state index contributed by atoms with van der Waals surface area (Å²) >= 11 is 3.57. The van der Waals surface area contributed by atoms with Crippen LogP contribution in [0.5, 0.6) is 0 Å². The Morgan fingerprint density at radius 2 is 2.12 bits per heavy atom. The molecule has 1 aliphatic rings. The van der Waals surface area contributed by atoms with Gasteiger partial charge in [0.1, 0.15) is 4.90 Å². The van der Waals surface area contributed by atoms with Gasteiger partial charge in [-0.05, 0) is 12.8 Å². The first-order valence-corrected chi connectivity index (χ1v) is 8.14. The van der Waals surface area contributed by atoms with E-state index in [1.54, 1.807) is 0 Å². The van der Waals surface area contributed by atoms with Gasteiger partial charge in [-0.3, -0.25) is 5.10 Å². The van der Waals surface area contributed by atoms with Crippen molar-refractivity contribution >= 4 is 26.0 Å². The molecule has 1 saturated carbocycles. The molecule has 17 heavy (non-hydrogen) atoms. The van der Waals surface area contributed by atoms with Crippen LogP contribution in [0.15, 0.2) is 17.3 Å². The Labute approximate surface area is 110 Å². The summed E-state index contributed by atoms with van der Waals surface area (Å²) in [7, 11) is -3.44. The second kappa shape index (κ2) is 5.49. The molecule has 0 bridgehead atoms. The van der Waals surface area contributed by atoms with Gasteiger partial charge in [0.2, 0.25) is 10.0 Å². The lowest BCUT2D eigenvalue weighted by molar-refractivity contribution is 0.521. The Morgan fingerprint density at radius 3 is 2.82 bits per heavy atom. The van der Waals surface area contributed by atoms with Crippen LogP contribution < -0.4 is 4.72 Å². The number of aromatic nitrogens is 2. The zero-order valence-corrected chi connectivity index (χ0v) is 11.8. The van der Waals surface area contributed by atoms with Crippen LogP contribution in [0, 0.1) is 0 Å². The molecule has 0 aromatic carbocycles. The third-order valence-corrected chi connectivity index (χ3v) is 5.57. The zero-order chi connectivity index (χ0) is 12.3. The highest BCUT2D eigenvalue weighted by Gasteiger charge is 2.27. The molecule has 0 amide bonds. The molecule has 1 aliphatic carbocycles. The molecule has 1 fully saturated rings. The van der Waals surface area contributed by atoms with Crippen LogP contribution in [-0.2, 0) is 10.0 Å². The van der Waals surface area contributed by atoms with E-state index in [1.165, 1.54) is 18.8 Å². The highest BCUT2D eigenvalue weighted by atomic mass is 79.9. The van der Waals surface area contributed by atoms with Crippen LogP contribution in [0.3, 0.4) is 0 Å². The van der Waals surface area contributed by atoms with E-state index < -0.39 is 10.0 Å². The minimum absolute atomic E-state index is 0.0302. The number of hydrogen-bond acceptors (Lipinski definition) is 3. The van der Waals surface area contributed by atoms with Crippen molar-refractivity contribution in [1.29, 1.82) is 0 Å². The summed E-state index contributed by atoms with van der Waals surface area (Å²) in [5, 5.41) is 6.18. The fourth-order valence-electron chi connectivity index (χ4n) is 2.05. The number of nitrogens with zero attached hydrogens (tertiary/aromatic N) is 1. The van der Waals surface area contributed by atoms with Gasteiger partial charge in [-0.15, -0.1) is 0 Å². The van der Waals surface area contributed by atoms with Crippen LogP contribution in [0.25, 0.3) is 0 Å². The maximum absolute atomic E-state index is 12.0. The van der Waals surface area contributed by atoms with Crippen molar-refractivity contribution in [3.05, 3.63) is 12.4 Å². The number of hydrogen-bond donors (Lipinski definition) is 2. The topological polar surface area (TPSA) is 74.8 Å². The second-order valence-electron chi connectivity index (χ2n) is 4.32. The van der Waals surface area contributed by atoms with Gasteiger partial charge in [0.25, 0.3) is 0 Å². The van der Waals surface area contributed by atoms with Gasteiger partial charge >= 0.3 is 0 Å². The van der Waals surface area contributed by atoms with Gasteiger partial charge in [0.05, 0.1) is 6.20 Å². The maximum Gasteiger partial charge on any atom is 0.243 e. The lowest BCUT2D eigenvalue weighted by atomic mass is 10.1. The van der Waals surface area contributed by atoms with Crippen molar-refractivity contribution in [1.82, 2.24) is 14.9 Å². The Kier molecular flexibility index (Phi) is 4.22. The molecular weight excluding hydrogens is 306 g/mol. The quantitative estimate of drug-likeness (QED) is 0.658. The van der Waals surface area contributed by atoms with Crippen molar-refractivity contribution < 1.29 is 8.42 Å². The Bertz CT molecular complexity index is 446. The van der Waals surface area contributed by atoms with Gasteiger partial charge in [-0.2, -0.15) is 5.10 Å². The van der Waals surface area contributed by atoms with Crippen LogP contribution in [0.4, 0.5) is 0 Å². The molecule has 0 radical (unpaired) electrons. The standard InChI is InChI=1S/C10H16BrN3O2S/c11-9-4-2-1-3-5-10(9)14-17(15,16)8-6-12-13-7-8/h6-7,9-10,14H,1-5H2,(H,12,13). The van der Waals surface area contributed by atoms with Crippen molar-refractivity contribution in [2.45, 2.75) is 47.9 Å².